The summed E-state index contributed by atoms with van der Waals surface area (Å²) in [5.41, 5.74) is 15.3. The number of amides is 1. The Morgan fingerprint density at radius 2 is 1.78 bits per heavy atom. The zero-order chi connectivity index (χ0) is 25.8. The summed E-state index contributed by atoms with van der Waals surface area (Å²) in [5.74, 6) is -1.23. The van der Waals surface area contributed by atoms with Gasteiger partial charge < -0.3 is 31.7 Å². The molecule has 3 heterocycles. The topological polar surface area (TPSA) is 131 Å². The van der Waals surface area contributed by atoms with Crippen LogP contribution in [0.2, 0.25) is 0 Å². The van der Waals surface area contributed by atoms with Gasteiger partial charge in [-0.15, -0.1) is 0 Å². The van der Waals surface area contributed by atoms with E-state index in [4.69, 9.17) is 16.2 Å². The number of nitrogens with zero attached hydrogens (tertiary/aromatic N) is 3. The Kier molecular flexibility index (Phi) is 7.47. The number of anilines is 4. The quantitative estimate of drug-likeness (QED) is 0.383. The molecule has 0 bridgehead atoms. The minimum atomic E-state index is -0.780. The van der Waals surface area contributed by atoms with Gasteiger partial charge in [0, 0.05) is 42.6 Å². The van der Waals surface area contributed by atoms with Crippen molar-refractivity contribution in [1.29, 1.82) is 0 Å². The number of carbonyl (C=O) groups excluding carboxylic acids is 1. The number of nitrogens with two attached hydrogens (primary N) is 2. The van der Waals surface area contributed by atoms with Gasteiger partial charge in [0.15, 0.2) is 11.6 Å². The van der Waals surface area contributed by atoms with E-state index >= 15 is 0 Å². The van der Waals surface area contributed by atoms with E-state index in [2.05, 4.69) is 37.6 Å². The van der Waals surface area contributed by atoms with Gasteiger partial charge in [-0.05, 0) is 42.7 Å². The molecule has 3 aromatic rings. The molecule has 6 N–H and O–H groups in total. The number of pyridine rings is 2. The number of aromatic nitrogens is 2. The lowest BCUT2D eigenvalue weighted by Crippen LogP contribution is -2.43. The third-order valence-corrected chi connectivity index (χ3v) is 6.96. The maximum Gasteiger partial charge on any atom is 0.252 e. The highest BCUT2D eigenvalue weighted by molar-refractivity contribution is 5.98. The standard InChI is InChI=1S/C27H32FN7O2/c28-22-14-21(25(30)36)26(34-27(22)33-24-4-2-1-3-23(24)29)32-19-13-18(15-31-16-19)17-5-7-20(8-6-17)35-9-11-37-12-10-35/h5-8,13-16,23-24H,1-4,9-12,29H2,(H2,30,36)(H2,32,33,34)/t23-,24?/m0/s1. The van der Waals surface area contributed by atoms with Crippen LogP contribution in [0.25, 0.3) is 11.1 Å². The number of halogens is 1. The van der Waals surface area contributed by atoms with Crippen LogP contribution in [0.15, 0.2) is 48.8 Å². The van der Waals surface area contributed by atoms with Crippen molar-refractivity contribution in [2.24, 2.45) is 11.5 Å². The third kappa shape index (κ3) is 5.81. The first kappa shape index (κ1) is 24.9. The van der Waals surface area contributed by atoms with E-state index in [1.54, 1.807) is 12.4 Å². The molecule has 0 spiro atoms. The number of rotatable bonds is 7. The fraction of sp³-hybridized carbons (Fsp3) is 0.370. The van der Waals surface area contributed by atoms with Crippen LogP contribution < -0.4 is 27.0 Å². The van der Waals surface area contributed by atoms with Crippen LogP contribution in [-0.4, -0.2) is 54.3 Å². The molecule has 1 saturated heterocycles. The van der Waals surface area contributed by atoms with Crippen molar-refractivity contribution in [3.63, 3.8) is 0 Å². The van der Waals surface area contributed by atoms with Crippen molar-refractivity contribution in [1.82, 2.24) is 9.97 Å². The van der Waals surface area contributed by atoms with Gasteiger partial charge in [-0.25, -0.2) is 9.37 Å². The molecule has 37 heavy (non-hydrogen) atoms. The van der Waals surface area contributed by atoms with Crippen molar-refractivity contribution in [3.8, 4) is 11.1 Å². The average Bonchev–Trinajstić information content (AvgIpc) is 2.92. The van der Waals surface area contributed by atoms with E-state index in [9.17, 15) is 9.18 Å². The SMILES string of the molecule is NC(=O)c1cc(F)c(NC2CCCC[C@@H]2N)nc1Nc1cncc(-c2ccc(N3CCOCC3)cc2)c1. The van der Waals surface area contributed by atoms with Crippen LogP contribution >= 0.6 is 0 Å². The number of nitrogens with one attached hydrogen (secondary N) is 2. The lowest BCUT2D eigenvalue weighted by molar-refractivity contribution is 0.100. The molecule has 1 saturated carbocycles. The minimum absolute atomic E-state index is 0.0395. The summed E-state index contributed by atoms with van der Waals surface area (Å²) in [6, 6.07) is 11.1. The third-order valence-electron chi connectivity index (χ3n) is 6.96. The van der Waals surface area contributed by atoms with Crippen molar-refractivity contribution in [2.75, 3.05) is 41.8 Å². The Morgan fingerprint density at radius 1 is 1.03 bits per heavy atom. The minimum Gasteiger partial charge on any atom is -0.378 e. The summed E-state index contributed by atoms with van der Waals surface area (Å²) in [4.78, 5) is 23.1. The van der Waals surface area contributed by atoms with E-state index in [0.29, 0.717) is 5.69 Å². The van der Waals surface area contributed by atoms with Crippen LogP contribution in [0.3, 0.4) is 0 Å². The zero-order valence-corrected chi connectivity index (χ0v) is 20.6. The second-order valence-electron chi connectivity index (χ2n) is 9.51. The van der Waals surface area contributed by atoms with E-state index < -0.39 is 11.7 Å². The van der Waals surface area contributed by atoms with E-state index in [1.165, 1.54) is 0 Å². The second kappa shape index (κ2) is 11.1. The molecule has 1 aromatic carbocycles. The number of carbonyl (C=O) groups is 1. The van der Waals surface area contributed by atoms with Crippen LogP contribution in [0.5, 0.6) is 0 Å². The van der Waals surface area contributed by atoms with Crippen molar-refractivity contribution >= 4 is 28.9 Å². The molecule has 2 aliphatic rings. The average molecular weight is 506 g/mol. The van der Waals surface area contributed by atoms with Gasteiger partial charge in [0.1, 0.15) is 5.82 Å². The second-order valence-corrected chi connectivity index (χ2v) is 9.51. The first-order chi connectivity index (χ1) is 18.0. The van der Waals surface area contributed by atoms with Gasteiger partial charge in [-0.3, -0.25) is 9.78 Å². The van der Waals surface area contributed by atoms with Gasteiger partial charge in [-0.2, -0.15) is 0 Å². The van der Waals surface area contributed by atoms with Crippen LogP contribution in [0.1, 0.15) is 36.0 Å². The smallest absolute Gasteiger partial charge is 0.252 e. The molecule has 9 nitrogen and oxygen atoms in total. The lowest BCUT2D eigenvalue weighted by Gasteiger charge is -2.30. The van der Waals surface area contributed by atoms with E-state index in [1.807, 2.05) is 18.2 Å². The highest BCUT2D eigenvalue weighted by atomic mass is 19.1. The summed E-state index contributed by atoms with van der Waals surface area (Å²) >= 11 is 0. The molecule has 1 aliphatic heterocycles. The highest BCUT2D eigenvalue weighted by Gasteiger charge is 2.24. The molecule has 1 unspecified atom stereocenters. The Balaban J connectivity index is 1.38. The number of benzene rings is 1. The molecule has 2 aromatic heterocycles. The first-order valence-corrected chi connectivity index (χ1v) is 12.7. The molecular formula is C27H32FN7O2. The summed E-state index contributed by atoms with van der Waals surface area (Å²) in [5, 5.41) is 6.24. The summed E-state index contributed by atoms with van der Waals surface area (Å²) < 4.78 is 20.3. The van der Waals surface area contributed by atoms with E-state index in [0.717, 1.165) is 74.9 Å². The maximum atomic E-state index is 14.8. The predicted octanol–water partition coefficient (Wildman–Crippen LogP) is 3.64. The van der Waals surface area contributed by atoms with Crippen molar-refractivity contribution in [2.45, 2.75) is 37.8 Å². The largest absolute Gasteiger partial charge is 0.378 e. The van der Waals surface area contributed by atoms with Gasteiger partial charge >= 0.3 is 0 Å². The highest BCUT2D eigenvalue weighted by Crippen LogP contribution is 2.29. The van der Waals surface area contributed by atoms with E-state index in [-0.39, 0.29) is 29.3 Å². The van der Waals surface area contributed by atoms with Gasteiger partial charge in [-0.1, -0.05) is 25.0 Å². The Labute approximate surface area is 215 Å². The summed E-state index contributed by atoms with van der Waals surface area (Å²) in [7, 11) is 0. The molecule has 1 aliphatic carbocycles. The Bertz CT molecular complexity index is 1250. The maximum absolute atomic E-state index is 14.8. The molecule has 10 heteroatoms. The molecular weight excluding hydrogens is 473 g/mol. The van der Waals surface area contributed by atoms with Crippen LogP contribution in [-0.2, 0) is 4.74 Å². The fourth-order valence-corrected chi connectivity index (χ4v) is 4.88. The molecule has 2 atom stereocenters. The number of ether oxygens (including phenoxy) is 1. The fourth-order valence-electron chi connectivity index (χ4n) is 4.88. The van der Waals surface area contributed by atoms with Gasteiger partial charge in [0.25, 0.3) is 5.91 Å². The zero-order valence-electron chi connectivity index (χ0n) is 20.6. The molecule has 2 fully saturated rings. The number of primary amides is 1. The molecule has 1 amide bonds. The van der Waals surface area contributed by atoms with Gasteiger partial charge in [0.05, 0.1) is 30.7 Å². The normalized spacial score (nSPS) is 19.9. The molecule has 194 valence electrons. The summed E-state index contributed by atoms with van der Waals surface area (Å²) in [6.07, 6.45) is 7.16. The number of hydrogen-bond donors (Lipinski definition) is 4. The Morgan fingerprint density at radius 3 is 2.51 bits per heavy atom. The molecule has 5 rings (SSSR count). The lowest BCUT2D eigenvalue weighted by atomic mass is 9.91. The first-order valence-electron chi connectivity index (χ1n) is 12.7. The van der Waals surface area contributed by atoms with Crippen LogP contribution in [0.4, 0.5) is 27.4 Å². The number of morpholine rings is 1. The van der Waals surface area contributed by atoms with Crippen LogP contribution in [0, 0.1) is 5.82 Å². The Hall–Kier alpha value is -3.76. The monoisotopic (exact) mass is 505 g/mol. The van der Waals surface area contributed by atoms with Gasteiger partial charge in [0.2, 0.25) is 0 Å². The van der Waals surface area contributed by atoms with Crippen molar-refractivity contribution < 1.29 is 13.9 Å². The van der Waals surface area contributed by atoms with Crippen molar-refractivity contribution in [3.05, 3.63) is 60.2 Å². The number of hydrogen-bond acceptors (Lipinski definition) is 8. The predicted molar refractivity (Wildman–Crippen MR) is 143 cm³/mol. The molecule has 0 radical (unpaired) electrons. The summed E-state index contributed by atoms with van der Waals surface area (Å²) in [6.45, 7) is 3.21.